The number of phenolic OH excluding ortho intramolecular Hbond substituents is 1. The standard InChI is InChI=1S/C29H46NO8PSi/c1-16-19(26(27(34)35-8)23(37-39)13-21(16)32)12-20(31)17(2)22(33)14-24-29(6,7)25(11-18(15-30)36-24)38-40(9,10)28(3,4)5/h13,17-18,20,24-25,31-32H,11-12,14,39H2,1-10H3/t17-,18-,20+,24+,25+/m0/s1. The number of carbonyl (C=O) groups is 2. The normalized spacial score (nSPS) is 22.6. The molecule has 0 bridgehead atoms. The molecule has 1 aromatic carbocycles. The molecule has 0 amide bonds. The monoisotopic (exact) mass is 595 g/mol. The highest BCUT2D eigenvalue weighted by molar-refractivity contribution is 7.10. The number of nitrogens with zero attached hydrogens (tertiary/aromatic N) is 1. The van der Waals surface area contributed by atoms with Gasteiger partial charge in [-0.2, -0.15) is 5.26 Å². The Hall–Kier alpha value is -2.02. The first-order valence-corrected chi connectivity index (χ1v) is 16.9. The van der Waals surface area contributed by atoms with Crippen LogP contribution in [0.15, 0.2) is 6.07 Å². The summed E-state index contributed by atoms with van der Waals surface area (Å²) in [5, 5.41) is 31.2. The van der Waals surface area contributed by atoms with Gasteiger partial charge >= 0.3 is 5.97 Å². The van der Waals surface area contributed by atoms with Crippen LogP contribution in [0, 0.1) is 29.6 Å². The minimum Gasteiger partial charge on any atom is -0.508 e. The number of ether oxygens (including phenoxy) is 2. The lowest BCUT2D eigenvalue weighted by Crippen LogP contribution is -2.56. The number of esters is 1. The fourth-order valence-electron chi connectivity index (χ4n) is 4.70. The Kier molecular flexibility index (Phi) is 11.0. The predicted molar refractivity (Wildman–Crippen MR) is 158 cm³/mol. The van der Waals surface area contributed by atoms with Gasteiger partial charge in [0.15, 0.2) is 8.32 Å². The van der Waals surface area contributed by atoms with Gasteiger partial charge in [-0.15, -0.1) is 0 Å². The summed E-state index contributed by atoms with van der Waals surface area (Å²) in [4.78, 5) is 26.1. The maximum absolute atomic E-state index is 13.5. The van der Waals surface area contributed by atoms with Crippen LogP contribution in [-0.2, 0) is 25.1 Å². The van der Waals surface area contributed by atoms with Crippen LogP contribution < -0.4 is 4.52 Å². The molecule has 6 atom stereocenters. The average Bonchev–Trinajstić information content (AvgIpc) is 2.86. The number of aliphatic hydroxyl groups is 1. The molecule has 2 rings (SSSR count). The van der Waals surface area contributed by atoms with E-state index in [2.05, 4.69) is 39.9 Å². The van der Waals surface area contributed by atoms with E-state index in [1.54, 1.807) is 13.8 Å². The van der Waals surface area contributed by atoms with Crippen LogP contribution >= 0.6 is 9.47 Å². The number of phenols is 1. The maximum atomic E-state index is 13.5. The molecule has 1 fully saturated rings. The smallest absolute Gasteiger partial charge is 0.341 e. The lowest BCUT2D eigenvalue weighted by Gasteiger charge is -2.50. The predicted octanol–water partition coefficient (Wildman–Crippen LogP) is 5.25. The number of benzene rings is 1. The number of Topliss-reactive ketones (excluding diaryl/α,β-unsaturated/α-hetero) is 1. The highest BCUT2D eigenvalue weighted by atomic mass is 31.0. The van der Waals surface area contributed by atoms with Crippen molar-refractivity contribution in [1.29, 1.82) is 5.26 Å². The van der Waals surface area contributed by atoms with Gasteiger partial charge in [0.1, 0.15) is 28.9 Å². The van der Waals surface area contributed by atoms with Gasteiger partial charge < -0.3 is 28.6 Å². The van der Waals surface area contributed by atoms with Crippen LogP contribution in [0.1, 0.15) is 75.9 Å². The number of hydrogen-bond acceptors (Lipinski definition) is 9. The lowest BCUT2D eigenvalue weighted by atomic mass is 9.73. The molecule has 11 heteroatoms. The van der Waals surface area contributed by atoms with E-state index in [-0.39, 0.29) is 46.8 Å². The van der Waals surface area contributed by atoms with Gasteiger partial charge in [-0.25, -0.2) is 4.79 Å². The summed E-state index contributed by atoms with van der Waals surface area (Å²) >= 11 is 0. The minimum atomic E-state index is -2.17. The van der Waals surface area contributed by atoms with Gasteiger partial charge in [-0.1, -0.05) is 41.5 Å². The van der Waals surface area contributed by atoms with Crippen molar-refractivity contribution >= 4 is 29.5 Å². The van der Waals surface area contributed by atoms with Crippen LogP contribution in [0.25, 0.3) is 0 Å². The van der Waals surface area contributed by atoms with Crippen molar-refractivity contribution in [3.05, 3.63) is 22.8 Å². The van der Waals surface area contributed by atoms with Crippen molar-refractivity contribution < 1.29 is 38.2 Å². The van der Waals surface area contributed by atoms with E-state index in [9.17, 15) is 25.1 Å². The molecule has 0 aromatic heterocycles. The summed E-state index contributed by atoms with van der Waals surface area (Å²) in [5.41, 5.74) is 0.224. The number of nitriles is 1. The highest BCUT2D eigenvalue weighted by Gasteiger charge is 2.50. The second-order valence-electron chi connectivity index (χ2n) is 12.9. The van der Waals surface area contributed by atoms with Crippen molar-refractivity contribution in [3.8, 4) is 17.6 Å². The minimum absolute atomic E-state index is 0.0103. The van der Waals surface area contributed by atoms with E-state index in [0.717, 1.165) is 0 Å². The Bertz CT molecular complexity index is 1140. The van der Waals surface area contributed by atoms with E-state index >= 15 is 0 Å². The van der Waals surface area contributed by atoms with Crippen LogP contribution in [0.5, 0.6) is 11.5 Å². The Labute approximate surface area is 241 Å². The number of ketones is 1. The van der Waals surface area contributed by atoms with Crippen molar-refractivity contribution in [1.82, 2.24) is 0 Å². The quantitative estimate of drug-likeness (QED) is 0.211. The SMILES string of the molecule is COC(=O)c1c(OP)cc(O)c(C)c1C[C@@H](O)[C@H](C)C(=O)C[C@H]1O[C@H](C#N)C[C@@H](O[Si](C)(C)C(C)(C)C)C1(C)C. The number of aliphatic hydroxyl groups excluding tert-OH is 1. The van der Waals surface area contributed by atoms with E-state index in [1.165, 1.54) is 13.2 Å². The molecule has 0 radical (unpaired) electrons. The zero-order valence-electron chi connectivity index (χ0n) is 25.5. The van der Waals surface area contributed by atoms with Crippen molar-refractivity contribution in [2.45, 2.75) is 110 Å². The first-order valence-electron chi connectivity index (χ1n) is 13.6. The highest BCUT2D eigenvalue weighted by Crippen LogP contribution is 2.45. The Balaban J connectivity index is 2.31. The van der Waals surface area contributed by atoms with Crippen LogP contribution in [0.3, 0.4) is 0 Å². The third-order valence-corrected chi connectivity index (χ3v) is 13.6. The molecule has 0 saturated carbocycles. The zero-order valence-corrected chi connectivity index (χ0v) is 27.6. The van der Waals surface area contributed by atoms with Gasteiger partial charge in [0.25, 0.3) is 0 Å². The van der Waals surface area contributed by atoms with Gasteiger partial charge in [0.2, 0.25) is 0 Å². The number of methoxy groups -OCH3 is 1. The molecule has 1 unspecified atom stereocenters. The van der Waals surface area contributed by atoms with Crippen molar-refractivity contribution in [3.63, 3.8) is 0 Å². The van der Waals surface area contributed by atoms with Gasteiger partial charge in [0, 0.05) is 36.7 Å². The Morgan fingerprint density at radius 3 is 2.42 bits per heavy atom. The molecular weight excluding hydrogens is 549 g/mol. The molecule has 40 heavy (non-hydrogen) atoms. The maximum Gasteiger partial charge on any atom is 0.341 e. The summed E-state index contributed by atoms with van der Waals surface area (Å²) in [6.45, 7) is 18.0. The van der Waals surface area contributed by atoms with Crippen LogP contribution in [-0.4, -0.2) is 61.8 Å². The molecule has 0 spiro atoms. The second kappa shape index (κ2) is 12.9. The molecule has 1 saturated heterocycles. The number of carbonyl (C=O) groups excluding carboxylic acids is 2. The van der Waals surface area contributed by atoms with Crippen LogP contribution in [0.2, 0.25) is 18.1 Å². The summed E-state index contributed by atoms with van der Waals surface area (Å²) in [7, 11) is 1.08. The van der Waals surface area contributed by atoms with E-state index in [4.69, 9.17) is 18.4 Å². The van der Waals surface area contributed by atoms with Gasteiger partial charge in [-0.05, 0) is 36.2 Å². The fraction of sp³-hybridized carbons (Fsp3) is 0.690. The second-order valence-corrected chi connectivity index (χ2v) is 17.9. The molecule has 1 aliphatic rings. The summed E-state index contributed by atoms with van der Waals surface area (Å²) in [6.07, 6.45) is -2.42. The largest absolute Gasteiger partial charge is 0.508 e. The fourth-order valence-corrected chi connectivity index (χ4v) is 6.35. The van der Waals surface area contributed by atoms with Crippen molar-refractivity contribution in [2.24, 2.45) is 11.3 Å². The number of hydrogen-bond donors (Lipinski definition) is 2. The van der Waals surface area contributed by atoms with E-state index in [1.807, 2.05) is 23.3 Å². The average molecular weight is 596 g/mol. The summed E-state index contributed by atoms with van der Waals surface area (Å²) < 4.78 is 22.9. The Morgan fingerprint density at radius 2 is 1.93 bits per heavy atom. The molecule has 224 valence electrons. The summed E-state index contributed by atoms with van der Waals surface area (Å²) in [5.74, 6) is -1.79. The molecule has 9 nitrogen and oxygen atoms in total. The third-order valence-electron chi connectivity index (χ3n) is 8.86. The molecular formula is C29H46NO8PSi. The van der Waals surface area contributed by atoms with Gasteiger partial charge in [-0.3, -0.25) is 4.79 Å². The van der Waals surface area contributed by atoms with E-state index < -0.39 is 43.9 Å². The van der Waals surface area contributed by atoms with E-state index in [0.29, 0.717) is 17.5 Å². The van der Waals surface area contributed by atoms with Crippen molar-refractivity contribution in [2.75, 3.05) is 7.11 Å². The molecule has 0 aliphatic carbocycles. The topological polar surface area (TPSA) is 135 Å². The third kappa shape index (κ3) is 7.24. The number of aromatic hydroxyl groups is 1. The number of rotatable bonds is 10. The first kappa shape index (κ1) is 34.2. The first-order chi connectivity index (χ1) is 18.3. The molecule has 1 aliphatic heterocycles. The molecule has 1 aromatic rings. The van der Waals surface area contributed by atoms with Crippen LogP contribution in [0.4, 0.5) is 0 Å². The van der Waals surface area contributed by atoms with Gasteiger partial charge in [0.05, 0.1) is 41.0 Å². The summed E-state index contributed by atoms with van der Waals surface area (Å²) in [6, 6.07) is 3.50. The molecule has 1 heterocycles. The lowest BCUT2D eigenvalue weighted by molar-refractivity contribution is -0.162. The molecule has 2 N–H and O–H groups in total. The Morgan fingerprint density at radius 1 is 1.32 bits per heavy atom. The zero-order chi connectivity index (χ0) is 30.8.